The summed E-state index contributed by atoms with van der Waals surface area (Å²) in [7, 11) is 0. The lowest BCUT2D eigenvalue weighted by Crippen LogP contribution is -2.10. The lowest BCUT2D eigenvalue weighted by Gasteiger charge is -2.27. The molecule has 0 atom stereocenters. The predicted octanol–water partition coefficient (Wildman–Crippen LogP) is 15.8. The fourth-order valence-corrected chi connectivity index (χ4v) is 9.19. The number of furan rings is 1. The van der Waals surface area contributed by atoms with Crippen molar-refractivity contribution in [3.05, 3.63) is 218 Å². The van der Waals surface area contributed by atoms with Crippen molar-refractivity contribution in [3.8, 4) is 27.9 Å². The van der Waals surface area contributed by atoms with E-state index in [4.69, 9.17) is 4.42 Å². The number of rotatable bonds is 6. The molecule has 2 heterocycles. The first-order valence-corrected chi connectivity index (χ1v) is 20.2. The molecule has 0 radical (unpaired) electrons. The lowest BCUT2D eigenvalue weighted by molar-refractivity contribution is 0.668. The van der Waals surface area contributed by atoms with Crippen LogP contribution in [-0.4, -0.2) is 4.57 Å². The highest BCUT2D eigenvalue weighted by molar-refractivity contribution is 6.11. The van der Waals surface area contributed by atoms with E-state index >= 15 is 0 Å². The van der Waals surface area contributed by atoms with Gasteiger partial charge in [0.25, 0.3) is 0 Å². The number of aromatic nitrogens is 1. The molecule has 0 spiro atoms. The van der Waals surface area contributed by atoms with Crippen LogP contribution in [0, 0.1) is 0 Å². The fourth-order valence-electron chi connectivity index (χ4n) is 9.19. The minimum atomic E-state index is 0.888. The van der Waals surface area contributed by atoms with Crippen LogP contribution in [0.1, 0.15) is 0 Å². The number of nitrogens with zero attached hydrogens (tertiary/aromatic N) is 2. The maximum Gasteiger partial charge on any atom is 0.137 e. The van der Waals surface area contributed by atoms with Gasteiger partial charge in [0.05, 0.1) is 16.7 Å². The molecular weight excluding hydrogens is 717 g/mol. The molecule has 0 aliphatic rings. The summed E-state index contributed by atoms with van der Waals surface area (Å²) in [6.45, 7) is 0. The van der Waals surface area contributed by atoms with E-state index in [0.717, 1.165) is 55.8 Å². The summed E-state index contributed by atoms with van der Waals surface area (Å²) in [6.07, 6.45) is 0. The summed E-state index contributed by atoms with van der Waals surface area (Å²) in [4.78, 5) is 2.39. The Hall–Kier alpha value is -7.88. The van der Waals surface area contributed by atoms with Crippen LogP contribution < -0.4 is 4.90 Å². The summed E-state index contributed by atoms with van der Waals surface area (Å²) >= 11 is 0. The molecule has 0 saturated heterocycles. The van der Waals surface area contributed by atoms with E-state index < -0.39 is 0 Å². The SMILES string of the molecule is c1ccc(-c2ccc3c4ccccc4n(-c4ccc5c(c4)oc4ccccc45)c3c2)c(-c2ccc(N(c3ccc4ccccc4c3)c3cccc4ccccc34)cc2)c1. The van der Waals surface area contributed by atoms with Crippen LogP contribution in [0.15, 0.2) is 223 Å². The highest BCUT2D eigenvalue weighted by Gasteiger charge is 2.19. The molecule has 0 fully saturated rings. The van der Waals surface area contributed by atoms with Gasteiger partial charge in [-0.05, 0) is 99.1 Å². The first kappa shape index (κ1) is 33.3. The standard InChI is InChI=1S/C56H36N2O/c1-2-14-40-34-43(30-24-37(40)12-1)57(52-22-11-15-38-13-3-4-18-47(38)52)42-28-25-39(26-29-42)45-16-5-6-17-46(45)41-27-32-49-48-19-7-9-21-53(48)58(54(49)35-41)44-31-33-51-50-20-8-10-23-55(50)59-56(51)36-44/h1-36H. The Morgan fingerprint density at radius 3 is 1.81 bits per heavy atom. The van der Waals surface area contributed by atoms with E-state index in [2.05, 4.69) is 216 Å². The maximum atomic E-state index is 6.37. The largest absolute Gasteiger partial charge is 0.456 e. The molecular formula is C56H36N2O. The van der Waals surface area contributed by atoms with Gasteiger partial charge < -0.3 is 13.9 Å². The molecule has 0 aliphatic carbocycles. The Morgan fingerprint density at radius 1 is 0.339 bits per heavy atom. The Bertz CT molecular complexity index is 3570. The van der Waals surface area contributed by atoms with Gasteiger partial charge in [-0.3, -0.25) is 0 Å². The fraction of sp³-hybridized carbons (Fsp3) is 0. The van der Waals surface area contributed by atoms with Crippen molar-refractivity contribution in [3.63, 3.8) is 0 Å². The van der Waals surface area contributed by atoms with Crippen LogP contribution in [-0.2, 0) is 0 Å². The van der Waals surface area contributed by atoms with E-state index in [9.17, 15) is 0 Å². The van der Waals surface area contributed by atoms with Gasteiger partial charge in [-0.15, -0.1) is 0 Å². The summed E-state index contributed by atoms with van der Waals surface area (Å²) < 4.78 is 8.75. The Morgan fingerprint density at radius 2 is 0.949 bits per heavy atom. The van der Waals surface area contributed by atoms with E-state index in [1.54, 1.807) is 0 Å². The van der Waals surface area contributed by atoms with Crippen LogP contribution in [0.25, 0.3) is 93.2 Å². The van der Waals surface area contributed by atoms with Crippen LogP contribution in [0.4, 0.5) is 17.1 Å². The molecule has 59 heavy (non-hydrogen) atoms. The molecule has 10 aromatic carbocycles. The lowest BCUT2D eigenvalue weighted by atomic mass is 9.93. The van der Waals surface area contributed by atoms with Gasteiger partial charge in [-0.1, -0.05) is 152 Å². The molecule has 0 aliphatic heterocycles. The van der Waals surface area contributed by atoms with Crippen LogP contribution in [0.3, 0.4) is 0 Å². The summed E-state index contributed by atoms with van der Waals surface area (Å²) in [5, 5.41) is 9.58. The number of anilines is 3. The minimum Gasteiger partial charge on any atom is -0.456 e. The molecule has 12 aromatic rings. The normalized spacial score (nSPS) is 11.7. The zero-order chi connectivity index (χ0) is 38.9. The Labute approximate surface area is 341 Å². The molecule has 0 unspecified atom stereocenters. The molecule has 12 rings (SSSR count). The third-order valence-electron chi connectivity index (χ3n) is 12.0. The van der Waals surface area contributed by atoms with E-state index in [-0.39, 0.29) is 0 Å². The molecule has 2 aromatic heterocycles. The van der Waals surface area contributed by atoms with Crippen molar-refractivity contribution in [2.45, 2.75) is 0 Å². The third kappa shape index (κ3) is 5.44. The van der Waals surface area contributed by atoms with Gasteiger partial charge in [0.15, 0.2) is 0 Å². The van der Waals surface area contributed by atoms with Gasteiger partial charge in [-0.2, -0.15) is 0 Å². The number of para-hydroxylation sites is 2. The third-order valence-corrected chi connectivity index (χ3v) is 12.0. The van der Waals surface area contributed by atoms with Gasteiger partial charge in [0.1, 0.15) is 11.2 Å². The van der Waals surface area contributed by atoms with E-state index in [1.807, 2.05) is 12.1 Å². The summed E-state index contributed by atoms with van der Waals surface area (Å²) in [6, 6.07) is 78.8. The smallest absolute Gasteiger partial charge is 0.137 e. The topological polar surface area (TPSA) is 21.3 Å². The molecule has 276 valence electrons. The van der Waals surface area contributed by atoms with Crippen molar-refractivity contribution >= 4 is 82.4 Å². The van der Waals surface area contributed by atoms with Gasteiger partial charge in [-0.25, -0.2) is 0 Å². The second kappa shape index (κ2) is 13.4. The number of hydrogen-bond donors (Lipinski definition) is 0. The first-order chi connectivity index (χ1) is 29.2. The average Bonchev–Trinajstić information content (AvgIpc) is 3.84. The average molecular weight is 753 g/mol. The Kier molecular flexibility index (Phi) is 7.54. The zero-order valence-corrected chi connectivity index (χ0v) is 32.1. The minimum absolute atomic E-state index is 0.888. The highest BCUT2D eigenvalue weighted by Crippen LogP contribution is 2.43. The zero-order valence-electron chi connectivity index (χ0n) is 32.1. The van der Waals surface area contributed by atoms with E-state index in [0.29, 0.717) is 0 Å². The summed E-state index contributed by atoms with van der Waals surface area (Å²) in [5.41, 5.74) is 13.3. The quantitative estimate of drug-likeness (QED) is 0.169. The maximum absolute atomic E-state index is 6.37. The molecule has 3 nitrogen and oxygen atoms in total. The van der Waals surface area contributed by atoms with Crippen molar-refractivity contribution in [2.24, 2.45) is 0 Å². The van der Waals surface area contributed by atoms with Gasteiger partial charge in [0, 0.05) is 50.1 Å². The molecule has 3 heteroatoms. The molecule has 0 amide bonds. The van der Waals surface area contributed by atoms with E-state index in [1.165, 1.54) is 54.5 Å². The van der Waals surface area contributed by atoms with Crippen molar-refractivity contribution in [1.82, 2.24) is 4.57 Å². The molecule has 0 bridgehead atoms. The number of benzene rings is 10. The molecule has 0 saturated carbocycles. The van der Waals surface area contributed by atoms with Crippen LogP contribution in [0.2, 0.25) is 0 Å². The van der Waals surface area contributed by atoms with Crippen molar-refractivity contribution < 1.29 is 4.42 Å². The predicted molar refractivity (Wildman–Crippen MR) is 249 cm³/mol. The van der Waals surface area contributed by atoms with Gasteiger partial charge in [0.2, 0.25) is 0 Å². The highest BCUT2D eigenvalue weighted by atomic mass is 16.3. The monoisotopic (exact) mass is 752 g/mol. The van der Waals surface area contributed by atoms with Crippen LogP contribution in [0.5, 0.6) is 0 Å². The van der Waals surface area contributed by atoms with Crippen molar-refractivity contribution in [2.75, 3.05) is 4.90 Å². The number of fused-ring (bicyclic) bond motifs is 8. The van der Waals surface area contributed by atoms with Gasteiger partial charge >= 0.3 is 0 Å². The second-order valence-electron chi connectivity index (χ2n) is 15.3. The first-order valence-electron chi connectivity index (χ1n) is 20.2. The number of hydrogen-bond acceptors (Lipinski definition) is 2. The second-order valence-corrected chi connectivity index (χ2v) is 15.3. The van der Waals surface area contributed by atoms with Crippen molar-refractivity contribution in [1.29, 1.82) is 0 Å². The van der Waals surface area contributed by atoms with Crippen LogP contribution >= 0.6 is 0 Å². The Balaban J connectivity index is 0.980. The summed E-state index contributed by atoms with van der Waals surface area (Å²) in [5.74, 6) is 0. The molecule has 0 N–H and O–H groups in total.